The Morgan fingerprint density at radius 1 is 1.35 bits per heavy atom. The van der Waals surface area contributed by atoms with Crippen molar-refractivity contribution in [2.24, 2.45) is 0 Å². The number of aromatic nitrogens is 3. The molecule has 0 radical (unpaired) electrons. The van der Waals surface area contributed by atoms with Gasteiger partial charge < -0.3 is 10.3 Å². The van der Waals surface area contributed by atoms with Crippen LogP contribution in [0, 0.1) is 0 Å². The summed E-state index contributed by atoms with van der Waals surface area (Å²) < 4.78 is 0. The summed E-state index contributed by atoms with van der Waals surface area (Å²) in [5.41, 5.74) is 1.21. The lowest BCUT2D eigenvalue weighted by atomic mass is 10.3. The molecule has 0 saturated heterocycles. The summed E-state index contributed by atoms with van der Waals surface area (Å²) in [6, 6.07) is 4.07. The van der Waals surface area contributed by atoms with Crippen molar-refractivity contribution in [3.05, 3.63) is 36.3 Å². The van der Waals surface area contributed by atoms with E-state index in [-0.39, 0.29) is 0 Å². The summed E-state index contributed by atoms with van der Waals surface area (Å²) in [5.74, 6) is 0. The number of nitrogens with one attached hydrogen (secondary N) is 2. The van der Waals surface area contributed by atoms with E-state index < -0.39 is 0 Å². The molecule has 0 aliphatic rings. The van der Waals surface area contributed by atoms with E-state index in [0.717, 1.165) is 29.7 Å². The lowest BCUT2D eigenvalue weighted by Crippen LogP contribution is -2.14. The zero-order chi connectivity index (χ0) is 11.9. The van der Waals surface area contributed by atoms with E-state index in [1.807, 2.05) is 18.5 Å². The Morgan fingerprint density at radius 3 is 3.06 bits per heavy atom. The van der Waals surface area contributed by atoms with Crippen LogP contribution in [0.1, 0.15) is 18.9 Å². The molecule has 0 spiro atoms. The maximum atomic E-state index is 4.40. The van der Waals surface area contributed by atoms with E-state index in [1.54, 1.807) is 18.0 Å². The van der Waals surface area contributed by atoms with Gasteiger partial charge in [-0.25, -0.2) is 9.97 Å². The second kappa shape index (κ2) is 6.42. The summed E-state index contributed by atoms with van der Waals surface area (Å²) in [4.78, 5) is 11.7. The molecular formula is C12H16N4S. The van der Waals surface area contributed by atoms with Crippen molar-refractivity contribution in [1.29, 1.82) is 0 Å². The Hall–Kier alpha value is -1.33. The molecule has 2 rings (SSSR count). The van der Waals surface area contributed by atoms with Crippen LogP contribution in [0.5, 0.6) is 0 Å². The number of aromatic amines is 1. The van der Waals surface area contributed by atoms with Gasteiger partial charge in [-0.1, -0.05) is 13.0 Å². The first-order valence-electron chi connectivity index (χ1n) is 5.72. The van der Waals surface area contributed by atoms with Crippen LogP contribution in [-0.4, -0.2) is 21.5 Å². The average molecular weight is 248 g/mol. The summed E-state index contributed by atoms with van der Waals surface area (Å²) in [5, 5.41) is 5.27. The van der Waals surface area contributed by atoms with Gasteiger partial charge in [-0.05, 0) is 36.4 Å². The predicted molar refractivity (Wildman–Crippen MR) is 68.9 cm³/mol. The van der Waals surface area contributed by atoms with Crippen LogP contribution in [0.2, 0.25) is 0 Å². The highest BCUT2D eigenvalue weighted by Crippen LogP contribution is 2.25. The number of hydrogen-bond acceptors (Lipinski definition) is 4. The van der Waals surface area contributed by atoms with E-state index in [2.05, 4.69) is 33.3 Å². The van der Waals surface area contributed by atoms with Gasteiger partial charge in [-0.2, -0.15) is 0 Å². The summed E-state index contributed by atoms with van der Waals surface area (Å²) in [6.07, 6.45) is 6.52. The molecule has 2 heterocycles. The zero-order valence-corrected chi connectivity index (χ0v) is 10.6. The van der Waals surface area contributed by atoms with Gasteiger partial charge >= 0.3 is 0 Å². The second-order valence-corrected chi connectivity index (χ2v) is 4.62. The fourth-order valence-corrected chi connectivity index (χ4v) is 2.26. The Kier molecular flexibility index (Phi) is 4.58. The molecule has 0 amide bonds. The lowest BCUT2D eigenvalue weighted by Gasteiger charge is -2.07. The lowest BCUT2D eigenvalue weighted by molar-refractivity contribution is 0.665. The summed E-state index contributed by atoms with van der Waals surface area (Å²) >= 11 is 1.56. The minimum atomic E-state index is 0.852. The third kappa shape index (κ3) is 3.57. The minimum Gasteiger partial charge on any atom is -0.339 e. The standard InChI is InChI=1S/C12H16N4S/c1-2-5-13-9-10-4-3-6-14-11(10)17-12-15-7-8-16-12/h3-4,6-8,13H,2,5,9H2,1H3,(H,15,16). The molecule has 17 heavy (non-hydrogen) atoms. The van der Waals surface area contributed by atoms with Gasteiger partial charge in [0.25, 0.3) is 0 Å². The van der Waals surface area contributed by atoms with E-state index in [0.29, 0.717) is 0 Å². The molecule has 5 heteroatoms. The smallest absolute Gasteiger partial charge is 0.171 e. The maximum Gasteiger partial charge on any atom is 0.171 e. The molecule has 0 aliphatic heterocycles. The van der Waals surface area contributed by atoms with E-state index >= 15 is 0 Å². The van der Waals surface area contributed by atoms with Crippen LogP contribution in [0.15, 0.2) is 40.9 Å². The topological polar surface area (TPSA) is 53.6 Å². The van der Waals surface area contributed by atoms with Crippen molar-refractivity contribution in [2.45, 2.75) is 30.1 Å². The highest BCUT2D eigenvalue weighted by atomic mass is 32.2. The fourth-order valence-electron chi connectivity index (χ4n) is 1.45. The van der Waals surface area contributed by atoms with Crippen molar-refractivity contribution in [3.63, 3.8) is 0 Å². The van der Waals surface area contributed by atoms with Gasteiger partial charge in [-0.3, -0.25) is 0 Å². The molecule has 0 aliphatic carbocycles. The number of pyridine rings is 1. The summed E-state index contributed by atoms with van der Waals surface area (Å²) in [7, 11) is 0. The van der Waals surface area contributed by atoms with E-state index in [4.69, 9.17) is 0 Å². The molecule has 0 aromatic carbocycles. The van der Waals surface area contributed by atoms with Crippen molar-refractivity contribution in [3.8, 4) is 0 Å². The highest BCUT2D eigenvalue weighted by Gasteiger charge is 2.06. The van der Waals surface area contributed by atoms with E-state index in [1.165, 1.54) is 5.56 Å². The maximum absolute atomic E-state index is 4.40. The number of H-pyrrole nitrogens is 1. The molecule has 2 aromatic heterocycles. The SMILES string of the molecule is CCCNCc1cccnc1Sc1ncc[nH]1. The van der Waals surface area contributed by atoms with Crippen molar-refractivity contribution in [1.82, 2.24) is 20.3 Å². The highest BCUT2D eigenvalue weighted by molar-refractivity contribution is 7.99. The normalized spacial score (nSPS) is 10.6. The van der Waals surface area contributed by atoms with Gasteiger partial charge in [0.15, 0.2) is 5.16 Å². The quantitative estimate of drug-likeness (QED) is 0.771. The Balaban J connectivity index is 2.05. The molecule has 0 bridgehead atoms. The molecule has 0 fully saturated rings. The number of nitrogens with zero attached hydrogens (tertiary/aromatic N) is 2. The zero-order valence-electron chi connectivity index (χ0n) is 9.81. The predicted octanol–water partition coefficient (Wildman–Crippen LogP) is 2.46. The van der Waals surface area contributed by atoms with Gasteiger partial charge in [-0.15, -0.1) is 0 Å². The number of hydrogen-bond donors (Lipinski definition) is 2. The molecule has 0 saturated carbocycles. The third-order valence-corrected chi connectivity index (χ3v) is 3.24. The van der Waals surface area contributed by atoms with Gasteiger partial charge in [0.05, 0.1) is 0 Å². The first kappa shape index (κ1) is 12.1. The van der Waals surface area contributed by atoms with Crippen molar-refractivity contribution < 1.29 is 0 Å². The largest absolute Gasteiger partial charge is 0.339 e. The van der Waals surface area contributed by atoms with Crippen LogP contribution in [0.25, 0.3) is 0 Å². The summed E-state index contributed by atoms with van der Waals surface area (Å²) in [6.45, 7) is 4.04. The minimum absolute atomic E-state index is 0.852. The first-order valence-corrected chi connectivity index (χ1v) is 6.53. The van der Waals surface area contributed by atoms with Crippen molar-refractivity contribution in [2.75, 3.05) is 6.54 Å². The van der Waals surface area contributed by atoms with Gasteiger partial charge in [0.2, 0.25) is 0 Å². The molecule has 2 N–H and O–H groups in total. The monoisotopic (exact) mass is 248 g/mol. The molecule has 0 unspecified atom stereocenters. The van der Waals surface area contributed by atoms with Crippen LogP contribution < -0.4 is 5.32 Å². The Bertz CT molecular complexity index is 442. The van der Waals surface area contributed by atoms with Gasteiger partial charge in [0.1, 0.15) is 5.03 Å². The number of rotatable bonds is 6. The fraction of sp³-hybridized carbons (Fsp3) is 0.333. The van der Waals surface area contributed by atoms with Crippen LogP contribution >= 0.6 is 11.8 Å². The Morgan fingerprint density at radius 2 is 2.29 bits per heavy atom. The average Bonchev–Trinajstić information content (AvgIpc) is 2.84. The van der Waals surface area contributed by atoms with Crippen LogP contribution in [0.3, 0.4) is 0 Å². The molecular weight excluding hydrogens is 232 g/mol. The number of imidazole rings is 1. The van der Waals surface area contributed by atoms with Crippen LogP contribution in [0.4, 0.5) is 0 Å². The first-order chi connectivity index (χ1) is 8.40. The van der Waals surface area contributed by atoms with Crippen LogP contribution in [-0.2, 0) is 6.54 Å². The van der Waals surface area contributed by atoms with E-state index in [9.17, 15) is 0 Å². The van der Waals surface area contributed by atoms with Crippen molar-refractivity contribution >= 4 is 11.8 Å². The molecule has 90 valence electrons. The third-order valence-electron chi connectivity index (χ3n) is 2.26. The molecule has 4 nitrogen and oxygen atoms in total. The van der Waals surface area contributed by atoms with Gasteiger partial charge in [0, 0.05) is 25.1 Å². The second-order valence-electron chi connectivity index (χ2n) is 3.64. The Labute approximate surface area is 105 Å². The molecule has 0 atom stereocenters. The molecule has 2 aromatic rings.